The zero-order chi connectivity index (χ0) is 14.9. The van der Waals surface area contributed by atoms with Crippen molar-refractivity contribution in [3.8, 4) is 0 Å². The molecule has 0 bridgehead atoms. The Morgan fingerprint density at radius 1 is 1.29 bits per heavy atom. The topological polar surface area (TPSA) is 37.3 Å². The first-order valence-corrected chi connectivity index (χ1v) is 7.56. The van der Waals surface area contributed by atoms with Gasteiger partial charge in [0.25, 0.3) is 0 Å². The van der Waals surface area contributed by atoms with Gasteiger partial charge in [-0.1, -0.05) is 17.3 Å². The minimum Gasteiger partial charge on any atom is -0.394 e. The van der Waals surface area contributed by atoms with E-state index in [2.05, 4.69) is 53.2 Å². The number of benzene rings is 1. The molecule has 0 atom stereocenters. The molecule has 0 aliphatic carbocycles. The molecule has 116 valence electrons. The third-order valence-electron chi connectivity index (χ3n) is 3.69. The first kappa shape index (κ1) is 15.8. The van der Waals surface area contributed by atoms with Crippen molar-refractivity contribution in [1.29, 1.82) is 0 Å². The van der Waals surface area contributed by atoms with Crippen LogP contribution < -0.4 is 4.90 Å². The number of rotatable bonds is 7. The van der Waals surface area contributed by atoms with Gasteiger partial charge in [-0.25, -0.2) is 0 Å². The van der Waals surface area contributed by atoms with Crippen LogP contribution in [0.15, 0.2) is 29.4 Å². The van der Waals surface area contributed by atoms with Crippen molar-refractivity contribution in [2.75, 3.05) is 57.9 Å². The molecular weight excluding hydrogens is 266 g/mol. The molecule has 1 fully saturated rings. The fourth-order valence-corrected chi connectivity index (χ4v) is 2.14. The second-order valence-electron chi connectivity index (χ2n) is 5.13. The van der Waals surface area contributed by atoms with Gasteiger partial charge in [-0.2, -0.15) is 0 Å². The largest absolute Gasteiger partial charge is 0.394 e. The van der Waals surface area contributed by atoms with Crippen molar-refractivity contribution in [2.45, 2.75) is 6.92 Å². The SMILES string of the molecule is CCN(C)c1ccc(/C=N/OCCN2CCOCC2)cc1. The summed E-state index contributed by atoms with van der Waals surface area (Å²) in [5.74, 6) is 0. The molecule has 1 aliphatic rings. The molecule has 1 heterocycles. The molecule has 0 amide bonds. The fraction of sp³-hybridized carbons (Fsp3) is 0.562. The summed E-state index contributed by atoms with van der Waals surface area (Å²) in [6.45, 7) is 8.27. The van der Waals surface area contributed by atoms with Crippen molar-refractivity contribution in [3.63, 3.8) is 0 Å². The zero-order valence-electron chi connectivity index (χ0n) is 13.0. The molecule has 21 heavy (non-hydrogen) atoms. The number of oxime groups is 1. The van der Waals surface area contributed by atoms with Crippen LogP contribution in [0.25, 0.3) is 0 Å². The predicted octanol–water partition coefficient (Wildman–Crippen LogP) is 1.83. The van der Waals surface area contributed by atoms with E-state index in [0.29, 0.717) is 6.61 Å². The molecule has 0 unspecified atom stereocenters. The number of anilines is 1. The first-order valence-electron chi connectivity index (χ1n) is 7.56. The minimum absolute atomic E-state index is 0.618. The van der Waals surface area contributed by atoms with Gasteiger partial charge in [0.2, 0.25) is 0 Å². The van der Waals surface area contributed by atoms with E-state index in [9.17, 15) is 0 Å². The van der Waals surface area contributed by atoms with Crippen molar-refractivity contribution in [1.82, 2.24) is 4.90 Å². The molecule has 0 N–H and O–H groups in total. The molecule has 1 aliphatic heterocycles. The van der Waals surface area contributed by atoms with E-state index in [1.165, 1.54) is 5.69 Å². The van der Waals surface area contributed by atoms with E-state index in [0.717, 1.165) is 45.0 Å². The Hall–Kier alpha value is -1.59. The van der Waals surface area contributed by atoms with Crippen molar-refractivity contribution < 1.29 is 9.57 Å². The van der Waals surface area contributed by atoms with E-state index >= 15 is 0 Å². The van der Waals surface area contributed by atoms with Crippen LogP contribution in [0.5, 0.6) is 0 Å². The maximum absolute atomic E-state index is 5.32. The van der Waals surface area contributed by atoms with E-state index < -0.39 is 0 Å². The van der Waals surface area contributed by atoms with Crippen molar-refractivity contribution >= 4 is 11.9 Å². The van der Waals surface area contributed by atoms with Crippen LogP contribution in [0, 0.1) is 0 Å². The monoisotopic (exact) mass is 291 g/mol. The highest BCUT2D eigenvalue weighted by Gasteiger charge is 2.09. The van der Waals surface area contributed by atoms with E-state index in [1.54, 1.807) is 6.21 Å². The Balaban J connectivity index is 1.68. The highest BCUT2D eigenvalue weighted by Crippen LogP contribution is 2.12. The molecule has 5 nitrogen and oxygen atoms in total. The lowest BCUT2D eigenvalue weighted by Gasteiger charge is -2.25. The lowest BCUT2D eigenvalue weighted by molar-refractivity contribution is 0.0214. The van der Waals surface area contributed by atoms with Crippen LogP contribution in [0.4, 0.5) is 5.69 Å². The predicted molar refractivity (Wildman–Crippen MR) is 86.2 cm³/mol. The maximum Gasteiger partial charge on any atom is 0.129 e. The molecule has 1 aromatic rings. The van der Waals surface area contributed by atoms with Crippen molar-refractivity contribution in [3.05, 3.63) is 29.8 Å². The van der Waals surface area contributed by atoms with Gasteiger partial charge in [0.15, 0.2) is 0 Å². The van der Waals surface area contributed by atoms with Crippen molar-refractivity contribution in [2.24, 2.45) is 5.16 Å². The summed E-state index contributed by atoms with van der Waals surface area (Å²) >= 11 is 0. The van der Waals surface area contributed by atoms with Crippen LogP contribution in [-0.4, -0.2) is 64.2 Å². The van der Waals surface area contributed by atoms with E-state index in [1.807, 2.05) is 0 Å². The smallest absolute Gasteiger partial charge is 0.129 e. The average Bonchev–Trinajstić information content (AvgIpc) is 2.55. The summed E-state index contributed by atoms with van der Waals surface area (Å²) in [5.41, 5.74) is 2.26. The van der Waals surface area contributed by atoms with Crippen LogP contribution in [-0.2, 0) is 9.57 Å². The number of ether oxygens (including phenoxy) is 1. The fourth-order valence-electron chi connectivity index (χ4n) is 2.14. The Kier molecular flexibility index (Phi) is 6.50. The van der Waals surface area contributed by atoms with Crippen LogP contribution in [0.2, 0.25) is 0 Å². The second kappa shape index (κ2) is 8.64. The molecule has 1 saturated heterocycles. The molecule has 1 aromatic carbocycles. The summed E-state index contributed by atoms with van der Waals surface area (Å²) < 4.78 is 5.30. The number of nitrogens with zero attached hydrogens (tertiary/aromatic N) is 3. The maximum atomic E-state index is 5.32. The van der Waals surface area contributed by atoms with Gasteiger partial charge in [-0.15, -0.1) is 0 Å². The number of hydrogen-bond acceptors (Lipinski definition) is 5. The summed E-state index contributed by atoms with van der Waals surface area (Å²) in [7, 11) is 2.08. The Morgan fingerprint density at radius 2 is 2.00 bits per heavy atom. The molecular formula is C16H25N3O2. The molecule has 0 radical (unpaired) electrons. The molecule has 0 saturated carbocycles. The molecule has 5 heteroatoms. The van der Waals surface area contributed by atoms with Crippen LogP contribution in [0.3, 0.4) is 0 Å². The van der Waals surface area contributed by atoms with Gasteiger partial charge < -0.3 is 14.5 Å². The third-order valence-corrected chi connectivity index (χ3v) is 3.69. The quantitative estimate of drug-likeness (QED) is 0.436. The summed E-state index contributed by atoms with van der Waals surface area (Å²) in [6.07, 6.45) is 1.76. The lowest BCUT2D eigenvalue weighted by Crippen LogP contribution is -2.38. The highest BCUT2D eigenvalue weighted by atomic mass is 16.6. The Morgan fingerprint density at radius 3 is 2.67 bits per heavy atom. The first-order chi connectivity index (χ1) is 10.3. The molecule has 2 rings (SSSR count). The average molecular weight is 291 g/mol. The highest BCUT2D eigenvalue weighted by molar-refractivity contribution is 5.79. The Bertz CT molecular complexity index is 428. The van der Waals surface area contributed by atoms with Gasteiger partial charge in [0.1, 0.15) is 6.61 Å². The molecule has 0 aromatic heterocycles. The van der Waals surface area contributed by atoms with Gasteiger partial charge in [-0.05, 0) is 24.6 Å². The number of hydrogen-bond donors (Lipinski definition) is 0. The summed E-state index contributed by atoms with van der Waals surface area (Å²) in [4.78, 5) is 9.84. The second-order valence-corrected chi connectivity index (χ2v) is 5.13. The van der Waals surface area contributed by atoms with Gasteiger partial charge >= 0.3 is 0 Å². The normalized spacial score (nSPS) is 16.3. The summed E-state index contributed by atoms with van der Waals surface area (Å²) in [5, 5.41) is 4.02. The standard InChI is InChI=1S/C16H25N3O2/c1-3-18(2)16-6-4-15(5-7-16)14-17-21-13-10-19-8-11-20-12-9-19/h4-7,14H,3,8-13H2,1-2H3/b17-14+. The van der Waals surface area contributed by atoms with Gasteiger partial charge in [-0.3, -0.25) is 4.90 Å². The Labute approximate surface area is 127 Å². The zero-order valence-corrected chi connectivity index (χ0v) is 13.0. The van der Waals surface area contributed by atoms with Gasteiger partial charge in [0, 0.05) is 38.9 Å². The van der Waals surface area contributed by atoms with Crippen LogP contribution in [0.1, 0.15) is 12.5 Å². The van der Waals surface area contributed by atoms with E-state index in [-0.39, 0.29) is 0 Å². The summed E-state index contributed by atoms with van der Waals surface area (Å²) in [6, 6.07) is 8.30. The third kappa shape index (κ3) is 5.36. The number of morpholine rings is 1. The lowest BCUT2D eigenvalue weighted by atomic mass is 10.2. The molecule has 0 spiro atoms. The van der Waals surface area contributed by atoms with Crippen LogP contribution >= 0.6 is 0 Å². The van der Waals surface area contributed by atoms with Gasteiger partial charge in [0.05, 0.1) is 19.4 Å². The minimum atomic E-state index is 0.618. The van der Waals surface area contributed by atoms with E-state index in [4.69, 9.17) is 9.57 Å².